The van der Waals surface area contributed by atoms with E-state index in [2.05, 4.69) is 21.6 Å². The van der Waals surface area contributed by atoms with E-state index < -0.39 is 25.9 Å². The lowest BCUT2D eigenvalue weighted by molar-refractivity contribution is 0.119. The molecular weight excluding hydrogens is 470 g/mol. The van der Waals surface area contributed by atoms with E-state index in [1.807, 2.05) is 20.8 Å². The molecule has 2 atom stereocenters. The molecule has 1 fully saturated rings. The van der Waals surface area contributed by atoms with Crippen molar-refractivity contribution in [1.82, 2.24) is 14.7 Å². The van der Waals surface area contributed by atoms with Crippen molar-refractivity contribution in [3.05, 3.63) is 29.2 Å². The zero-order chi connectivity index (χ0) is 23.7. The highest BCUT2D eigenvalue weighted by Gasteiger charge is 2.39. The summed E-state index contributed by atoms with van der Waals surface area (Å²) in [5, 5.41) is 1.55. The van der Waals surface area contributed by atoms with Gasteiger partial charge in [-0.3, -0.25) is 0 Å². The molecule has 178 valence electrons. The summed E-state index contributed by atoms with van der Waals surface area (Å²) in [5.74, 6) is 0.558. The second-order valence-electron chi connectivity index (χ2n) is 9.20. The summed E-state index contributed by atoms with van der Waals surface area (Å²) in [4.78, 5) is 8.75. The number of halogens is 1. The molecule has 0 aromatic carbocycles. The SMILES string of the molecule is CCC[C@H](N[S@@+]([O-])C(C)(C)C)c1cnc(O[C@H]2C[C@@H](S(=O)(=O)CC)C2)c2cnc(Cl)cc12. The van der Waals surface area contributed by atoms with Crippen LogP contribution in [-0.2, 0) is 21.2 Å². The van der Waals surface area contributed by atoms with Crippen molar-refractivity contribution in [2.24, 2.45) is 0 Å². The number of hydrogen-bond acceptors (Lipinski definition) is 7. The second-order valence-corrected chi connectivity index (χ2v) is 14.2. The first kappa shape index (κ1) is 25.5. The summed E-state index contributed by atoms with van der Waals surface area (Å²) in [6, 6.07) is 1.60. The first-order valence-corrected chi connectivity index (χ1v) is 14.2. The second kappa shape index (κ2) is 10.0. The average molecular weight is 502 g/mol. The molecule has 0 amide bonds. The minimum absolute atomic E-state index is 0.143. The first-order valence-electron chi connectivity index (χ1n) is 11.0. The van der Waals surface area contributed by atoms with Crippen LogP contribution >= 0.6 is 11.6 Å². The summed E-state index contributed by atoms with van der Waals surface area (Å²) >= 11 is 4.96. The van der Waals surface area contributed by atoms with Gasteiger partial charge in [-0.15, -0.1) is 4.72 Å². The average Bonchev–Trinajstić information content (AvgIpc) is 2.68. The third kappa shape index (κ3) is 5.67. The van der Waals surface area contributed by atoms with Crippen molar-refractivity contribution in [1.29, 1.82) is 0 Å². The van der Waals surface area contributed by atoms with Crippen LogP contribution < -0.4 is 9.46 Å². The quantitative estimate of drug-likeness (QED) is 0.397. The molecule has 1 aliphatic rings. The minimum atomic E-state index is -3.05. The molecule has 1 saturated carbocycles. The van der Waals surface area contributed by atoms with Gasteiger partial charge < -0.3 is 9.29 Å². The Kier molecular flexibility index (Phi) is 7.97. The summed E-state index contributed by atoms with van der Waals surface area (Å²) in [7, 11) is -3.05. The molecule has 0 radical (unpaired) electrons. The molecule has 3 rings (SSSR count). The van der Waals surface area contributed by atoms with Gasteiger partial charge in [0.2, 0.25) is 5.88 Å². The standard InChI is InChI=1S/C22H32ClN3O4S2/c1-6-8-19(26-31(27)22(3,4)5)17-12-25-21(18-13-24-20(23)11-16(17)18)30-14-9-15(10-14)32(28,29)7-2/h11-15,19,26H,6-10H2,1-5H3/t14-,15+,19-,31-/m0/s1. The molecule has 2 aromatic rings. The Bertz CT molecular complexity index is 1050. The number of sulfone groups is 1. The van der Waals surface area contributed by atoms with Crippen molar-refractivity contribution >= 4 is 43.6 Å². The Hall–Kier alpha value is -1.13. The zero-order valence-corrected chi connectivity index (χ0v) is 21.6. The number of hydrogen-bond donors (Lipinski definition) is 1. The van der Waals surface area contributed by atoms with Crippen LogP contribution in [0.2, 0.25) is 5.15 Å². The molecule has 0 unspecified atom stereocenters. The Morgan fingerprint density at radius 2 is 1.94 bits per heavy atom. The van der Waals surface area contributed by atoms with E-state index in [1.165, 1.54) is 0 Å². The molecule has 0 bridgehead atoms. The van der Waals surface area contributed by atoms with E-state index in [0.29, 0.717) is 29.3 Å². The summed E-state index contributed by atoms with van der Waals surface area (Å²) in [6.07, 6.45) is 5.77. The maximum Gasteiger partial charge on any atom is 0.223 e. The first-order chi connectivity index (χ1) is 15.0. The topological polar surface area (TPSA) is 104 Å². The molecule has 10 heteroatoms. The van der Waals surface area contributed by atoms with Gasteiger partial charge in [0.15, 0.2) is 9.84 Å². The van der Waals surface area contributed by atoms with Crippen LogP contribution in [0.4, 0.5) is 0 Å². The van der Waals surface area contributed by atoms with E-state index in [1.54, 1.807) is 25.4 Å². The number of fused-ring (bicyclic) bond motifs is 1. The lowest BCUT2D eigenvalue weighted by Crippen LogP contribution is -2.43. The number of pyridine rings is 2. The van der Waals surface area contributed by atoms with Crippen LogP contribution in [0.5, 0.6) is 5.88 Å². The van der Waals surface area contributed by atoms with Gasteiger partial charge in [0.05, 0.1) is 16.7 Å². The Morgan fingerprint density at radius 1 is 1.25 bits per heavy atom. The lowest BCUT2D eigenvalue weighted by Gasteiger charge is -2.34. The molecule has 32 heavy (non-hydrogen) atoms. The fourth-order valence-electron chi connectivity index (χ4n) is 3.65. The van der Waals surface area contributed by atoms with Crippen LogP contribution in [0.25, 0.3) is 10.8 Å². The Morgan fingerprint density at radius 3 is 2.53 bits per heavy atom. The summed E-state index contributed by atoms with van der Waals surface area (Å²) in [5.41, 5.74) is 0.885. The maximum absolute atomic E-state index is 12.8. The third-order valence-electron chi connectivity index (χ3n) is 5.73. The predicted octanol–water partition coefficient (Wildman–Crippen LogP) is 4.52. The fraction of sp³-hybridized carbons (Fsp3) is 0.636. The highest BCUT2D eigenvalue weighted by atomic mass is 35.5. The molecular formula is C22H32ClN3O4S2. The Labute approximate surface area is 198 Å². The highest BCUT2D eigenvalue weighted by molar-refractivity contribution is 7.92. The van der Waals surface area contributed by atoms with E-state index in [4.69, 9.17) is 16.3 Å². The number of aromatic nitrogens is 2. The van der Waals surface area contributed by atoms with Crippen molar-refractivity contribution in [3.63, 3.8) is 0 Å². The number of ether oxygens (including phenoxy) is 1. The summed E-state index contributed by atoms with van der Waals surface area (Å²) < 4.78 is 45.8. The number of rotatable bonds is 9. The van der Waals surface area contributed by atoms with Gasteiger partial charge in [-0.2, -0.15) is 0 Å². The van der Waals surface area contributed by atoms with Gasteiger partial charge >= 0.3 is 0 Å². The minimum Gasteiger partial charge on any atom is -0.598 e. The maximum atomic E-state index is 12.8. The van der Waals surface area contributed by atoms with Crippen LogP contribution in [0, 0.1) is 0 Å². The molecule has 0 aliphatic heterocycles. The van der Waals surface area contributed by atoms with E-state index in [9.17, 15) is 13.0 Å². The molecule has 1 aliphatic carbocycles. The van der Waals surface area contributed by atoms with Crippen molar-refractivity contribution in [3.8, 4) is 5.88 Å². The van der Waals surface area contributed by atoms with Crippen LogP contribution in [0.1, 0.15) is 71.9 Å². The number of nitrogens with zero attached hydrogens (tertiary/aromatic N) is 2. The fourth-order valence-corrected chi connectivity index (χ4v) is 6.15. The van der Waals surface area contributed by atoms with Crippen LogP contribution in [0.15, 0.2) is 18.5 Å². The van der Waals surface area contributed by atoms with Gasteiger partial charge in [-0.05, 0) is 38.6 Å². The van der Waals surface area contributed by atoms with Crippen LogP contribution in [-0.4, -0.2) is 44.8 Å². The highest BCUT2D eigenvalue weighted by Crippen LogP contribution is 2.37. The normalized spacial score (nSPS) is 21.2. The van der Waals surface area contributed by atoms with E-state index in [0.717, 1.165) is 23.8 Å². The predicted molar refractivity (Wildman–Crippen MR) is 130 cm³/mol. The molecule has 2 aromatic heterocycles. The van der Waals surface area contributed by atoms with Gasteiger partial charge in [0.25, 0.3) is 0 Å². The van der Waals surface area contributed by atoms with Crippen LogP contribution in [0.3, 0.4) is 0 Å². The van der Waals surface area contributed by atoms with Gasteiger partial charge in [0.1, 0.15) is 16.0 Å². The number of nitrogens with one attached hydrogen (secondary N) is 1. The van der Waals surface area contributed by atoms with Crippen molar-refractivity contribution < 1.29 is 17.7 Å². The van der Waals surface area contributed by atoms with Gasteiger partial charge in [-0.25, -0.2) is 18.4 Å². The smallest absolute Gasteiger partial charge is 0.223 e. The third-order valence-corrected chi connectivity index (χ3v) is 9.75. The van der Waals surface area contributed by atoms with E-state index >= 15 is 0 Å². The van der Waals surface area contributed by atoms with Gasteiger partial charge in [-0.1, -0.05) is 31.9 Å². The summed E-state index contributed by atoms with van der Waals surface area (Å²) in [6.45, 7) is 9.53. The van der Waals surface area contributed by atoms with Crippen molar-refractivity contribution in [2.75, 3.05) is 5.75 Å². The Balaban J connectivity index is 1.90. The lowest BCUT2D eigenvalue weighted by atomic mass is 9.95. The monoisotopic (exact) mass is 501 g/mol. The molecule has 1 N–H and O–H groups in total. The van der Waals surface area contributed by atoms with Crippen molar-refractivity contribution in [2.45, 2.75) is 82.4 Å². The zero-order valence-electron chi connectivity index (χ0n) is 19.2. The largest absolute Gasteiger partial charge is 0.598 e. The molecule has 0 saturated heterocycles. The van der Waals surface area contributed by atoms with Gasteiger partial charge in [0, 0.05) is 47.9 Å². The molecule has 7 nitrogen and oxygen atoms in total. The van der Waals surface area contributed by atoms with E-state index in [-0.39, 0.29) is 23.1 Å². The molecule has 0 spiro atoms. The molecule has 2 heterocycles.